The van der Waals surface area contributed by atoms with Crippen molar-refractivity contribution in [3.8, 4) is 0 Å². The van der Waals surface area contributed by atoms with Gasteiger partial charge in [0.2, 0.25) is 0 Å². The van der Waals surface area contributed by atoms with Gasteiger partial charge in [0.1, 0.15) is 5.02 Å². The fourth-order valence-electron chi connectivity index (χ4n) is 2.75. The lowest BCUT2D eigenvalue weighted by atomic mass is 10.0. The number of nitrogens with one attached hydrogen (secondary N) is 1. The SMILES string of the molecule is CC(C)Cn1ncc(NC2CCCC2CN)c(Cl)c1=O. The minimum atomic E-state index is -0.229. The number of hydrogen-bond acceptors (Lipinski definition) is 4. The molecule has 0 radical (unpaired) electrons. The molecule has 6 heteroatoms. The van der Waals surface area contributed by atoms with Crippen LogP contribution >= 0.6 is 11.6 Å². The van der Waals surface area contributed by atoms with Crippen molar-refractivity contribution in [1.29, 1.82) is 0 Å². The van der Waals surface area contributed by atoms with Crippen LogP contribution in [0.25, 0.3) is 0 Å². The first-order chi connectivity index (χ1) is 9.52. The summed E-state index contributed by atoms with van der Waals surface area (Å²) in [6.07, 6.45) is 5.00. The zero-order chi connectivity index (χ0) is 14.7. The molecule has 1 fully saturated rings. The lowest BCUT2D eigenvalue weighted by molar-refractivity contribution is 0.463. The zero-order valence-electron chi connectivity index (χ0n) is 12.1. The van der Waals surface area contributed by atoms with Crippen LogP contribution in [0.4, 0.5) is 5.69 Å². The molecule has 2 rings (SSSR count). The van der Waals surface area contributed by atoms with E-state index < -0.39 is 0 Å². The van der Waals surface area contributed by atoms with Crippen molar-refractivity contribution in [2.45, 2.75) is 45.7 Å². The van der Waals surface area contributed by atoms with Crippen LogP contribution < -0.4 is 16.6 Å². The molecule has 2 unspecified atom stereocenters. The summed E-state index contributed by atoms with van der Waals surface area (Å²) in [6, 6.07) is 0.291. The van der Waals surface area contributed by atoms with E-state index in [0.29, 0.717) is 36.7 Å². The first-order valence-corrected chi connectivity index (χ1v) is 7.63. The third-order valence-electron chi connectivity index (χ3n) is 3.83. The molecule has 0 aromatic carbocycles. The molecular weight excluding hydrogens is 276 g/mol. The van der Waals surface area contributed by atoms with Crippen molar-refractivity contribution in [2.75, 3.05) is 11.9 Å². The molecule has 0 spiro atoms. The Morgan fingerprint density at radius 3 is 2.95 bits per heavy atom. The monoisotopic (exact) mass is 298 g/mol. The highest BCUT2D eigenvalue weighted by Crippen LogP contribution is 2.29. The summed E-state index contributed by atoms with van der Waals surface area (Å²) in [5.41, 5.74) is 6.17. The van der Waals surface area contributed by atoms with Gasteiger partial charge in [-0.25, -0.2) is 4.68 Å². The molecule has 112 valence electrons. The van der Waals surface area contributed by atoms with Gasteiger partial charge >= 0.3 is 0 Å². The highest BCUT2D eigenvalue weighted by atomic mass is 35.5. The van der Waals surface area contributed by atoms with Gasteiger partial charge < -0.3 is 11.1 Å². The topological polar surface area (TPSA) is 72.9 Å². The third-order valence-corrected chi connectivity index (χ3v) is 4.19. The van der Waals surface area contributed by atoms with Crippen LogP contribution in [-0.4, -0.2) is 22.4 Å². The Bertz CT molecular complexity index is 514. The van der Waals surface area contributed by atoms with Crippen molar-refractivity contribution in [3.05, 3.63) is 21.6 Å². The maximum atomic E-state index is 12.2. The van der Waals surface area contributed by atoms with Crippen molar-refractivity contribution >= 4 is 17.3 Å². The molecule has 1 heterocycles. The summed E-state index contributed by atoms with van der Waals surface area (Å²) in [5, 5.41) is 7.77. The summed E-state index contributed by atoms with van der Waals surface area (Å²) in [7, 11) is 0. The second-order valence-corrected chi connectivity index (χ2v) is 6.31. The number of nitrogens with zero attached hydrogens (tertiary/aromatic N) is 2. The number of halogens is 1. The predicted octanol–water partition coefficient (Wildman–Crippen LogP) is 2.09. The van der Waals surface area contributed by atoms with Gasteiger partial charge in [-0.2, -0.15) is 5.10 Å². The number of hydrogen-bond donors (Lipinski definition) is 2. The van der Waals surface area contributed by atoms with E-state index in [1.807, 2.05) is 13.8 Å². The second-order valence-electron chi connectivity index (χ2n) is 5.93. The molecule has 2 atom stereocenters. The summed E-state index contributed by atoms with van der Waals surface area (Å²) >= 11 is 6.18. The molecule has 1 aliphatic carbocycles. The van der Waals surface area contributed by atoms with Gasteiger partial charge in [-0.1, -0.05) is 31.9 Å². The van der Waals surface area contributed by atoms with Crippen molar-refractivity contribution in [2.24, 2.45) is 17.6 Å². The van der Waals surface area contributed by atoms with Gasteiger partial charge in [-0.05, 0) is 31.2 Å². The van der Waals surface area contributed by atoms with Gasteiger partial charge in [0.25, 0.3) is 5.56 Å². The first kappa shape index (κ1) is 15.3. The summed E-state index contributed by atoms with van der Waals surface area (Å²) in [5.74, 6) is 0.802. The van der Waals surface area contributed by atoms with Gasteiger partial charge in [0.15, 0.2) is 0 Å². The van der Waals surface area contributed by atoms with E-state index in [1.165, 1.54) is 4.68 Å². The standard InChI is InChI=1S/C14H23ClN4O/c1-9(2)8-19-14(20)13(15)12(7-17-19)18-11-5-3-4-10(11)6-16/h7,9-11,18H,3-6,8,16H2,1-2H3. The Morgan fingerprint density at radius 1 is 1.55 bits per heavy atom. The Labute approximate surface area is 124 Å². The number of anilines is 1. The van der Waals surface area contributed by atoms with E-state index in [1.54, 1.807) is 6.20 Å². The first-order valence-electron chi connectivity index (χ1n) is 7.25. The van der Waals surface area contributed by atoms with Gasteiger partial charge in [-0.15, -0.1) is 0 Å². The molecule has 0 amide bonds. The molecular formula is C14H23ClN4O. The summed E-state index contributed by atoms with van der Waals surface area (Å²) in [6.45, 7) is 5.32. The third kappa shape index (κ3) is 3.33. The number of aromatic nitrogens is 2. The predicted molar refractivity (Wildman–Crippen MR) is 82.2 cm³/mol. The molecule has 1 aromatic heterocycles. The van der Waals surface area contributed by atoms with E-state index in [-0.39, 0.29) is 10.6 Å². The minimum Gasteiger partial charge on any atom is -0.379 e. The van der Waals surface area contributed by atoms with Crippen LogP contribution in [0.1, 0.15) is 33.1 Å². The Kier molecular flexibility index (Phi) is 5.05. The fourth-order valence-corrected chi connectivity index (χ4v) is 2.95. The van der Waals surface area contributed by atoms with E-state index >= 15 is 0 Å². The molecule has 0 saturated heterocycles. The largest absolute Gasteiger partial charge is 0.379 e. The molecule has 1 aromatic rings. The zero-order valence-corrected chi connectivity index (χ0v) is 12.9. The van der Waals surface area contributed by atoms with Crippen molar-refractivity contribution < 1.29 is 0 Å². The molecule has 5 nitrogen and oxygen atoms in total. The maximum Gasteiger partial charge on any atom is 0.287 e. The average Bonchev–Trinajstić information content (AvgIpc) is 2.85. The van der Waals surface area contributed by atoms with Crippen molar-refractivity contribution in [1.82, 2.24) is 9.78 Å². The second kappa shape index (κ2) is 6.59. The Morgan fingerprint density at radius 2 is 2.30 bits per heavy atom. The van der Waals surface area contributed by atoms with Crippen molar-refractivity contribution in [3.63, 3.8) is 0 Å². The van der Waals surface area contributed by atoms with E-state index in [9.17, 15) is 4.79 Å². The smallest absolute Gasteiger partial charge is 0.287 e. The fraction of sp³-hybridized carbons (Fsp3) is 0.714. The highest BCUT2D eigenvalue weighted by Gasteiger charge is 2.26. The quantitative estimate of drug-likeness (QED) is 0.873. The van der Waals surface area contributed by atoms with Gasteiger partial charge in [0, 0.05) is 12.6 Å². The minimum absolute atomic E-state index is 0.225. The van der Waals surface area contributed by atoms with E-state index in [4.69, 9.17) is 17.3 Å². The van der Waals surface area contributed by atoms with E-state index in [0.717, 1.165) is 19.3 Å². The molecule has 3 N–H and O–H groups in total. The lowest BCUT2D eigenvalue weighted by Gasteiger charge is -2.21. The molecule has 1 aliphatic rings. The molecule has 20 heavy (non-hydrogen) atoms. The summed E-state index contributed by atoms with van der Waals surface area (Å²) in [4.78, 5) is 12.2. The molecule has 1 saturated carbocycles. The van der Waals surface area contributed by atoms with Crippen LogP contribution in [0.5, 0.6) is 0 Å². The van der Waals surface area contributed by atoms with Crippen LogP contribution in [0.15, 0.2) is 11.0 Å². The average molecular weight is 299 g/mol. The lowest BCUT2D eigenvalue weighted by Crippen LogP contribution is -2.32. The summed E-state index contributed by atoms with van der Waals surface area (Å²) < 4.78 is 1.42. The maximum absolute atomic E-state index is 12.2. The van der Waals surface area contributed by atoms with Crippen LogP contribution in [0, 0.1) is 11.8 Å². The van der Waals surface area contributed by atoms with Gasteiger partial charge in [-0.3, -0.25) is 4.79 Å². The normalized spacial score (nSPS) is 22.4. The van der Waals surface area contributed by atoms with Crippen LogP contribution in [-0.2, 0) is 6.54 Å². The highest BCUT2D eigenvalue weighted by molar-refractivity contribution is 6.32. The van der Waals surface area contributed by atoms with Crippen LogP contribution in [0.2, 0.25) is 5.02 Å². The molecule has 0 bridgehead atoms. The van der Waals surface area contributed by atoms with Gasteiger partial charge in [0.05, 0.1) is 11.9 Å². The number of rotatable bonds is 5. The van der Waals surface area contributed by atoms with E-state index in [2.05, 4.69) is 10.4 Å². The Balaban J connectivity index is 2.17. The number of nitrogens with two attached hydrogens (primary N) is 1. The Hall–Kier alpha value is -1.07. The van der Waals surface area contributed by atoms with Crippen LogP contribution in [0.3, 0.4) is 0 Å². The molecule has 0 aliphatic heterocycles.